The van der Waals surface area contributed by atoms with Crippen LogP contribution >= 0.6 is 27.5 Å². The highest BCUT2D eigenvalue weighted by Crippen LogP contribution is 2.45. The SMILES string of the molecule is Nc1cc(Cl)cc(S(=O)(=O)NC2CC3CCC2C3)c1Br. The number of hydrogen-bond acceptors (Lipinski definition) is 3. The Hall–Kier alpha value is -0.300. The van der Waals surface area contributed by atoms with E-state index in [1.807, 2.05) is 0 Å². The molecule has 2 fully saturated rings. The van der Waals surface area contributed by atoms with Crippen molar-refractivity contribution in [3.8, 4) is 0 Å². The highest BCUT2D eigenvalue weighted by molar-refractivity contribution is 9.10. The first-order chi connectivity index (χ1) is 9.37. The maximum atomic E-state index is 12.5. The molecule has 0 saturated heterocycles. The lowest BCUT2D eigenvalue weighted by molar-refractivity contribution is 0.390. The van der Waals surface area contributed by atoms with Crippen LogP contribution in [-0.4, -0.2) is 14.5 Å². The smallest absolute Gasteiger partial charge is 0.242 e. The largest absolute Gasteiger partial charge is 0.398 e. The van der Waals surface area contributed by atoms with E-state index >= 15 is 0 Å². The molecule has 3 atom stereocenters. The first-order valence-corrected chi connectivity index (χ1v) is 9.29. The van der Waals surface area contributed by atoms with E-state index in [4.69, 9.17) is 17.3 Å². The number of nitrogens with two attached hydrogens (primary N) is 1. The van der Waals surface area contributed by atoms with Gasteiger partial charge in [-0.1, -0.05) is 18.0 Å². The Bertz CT molecular complexity index is 650. The number of halogens is 2. The first-order valence-electron chi connectivity index (χ1n) is 6.63. The van der Waals surface area contributed by atoms with Crippen LogP contribution in [0.15, 0.2) is 21.5 Å². The topological polar surface area (TPSA) is 72.2 Å². The summed E-state index contributed by atoms with van der Waals surface area (Å²) in [5, 5.41) is 0.319. The molecule has 110 valence electrons. The van der Waals surface area contributed by atoms with Crippen LogP contribution in [-0.2, 0) is 10.0 Å². The molecular formula is C13H16BrClN2O2S. The predicted molar refractivity (Wildman–Crippen MR) is 83.1 cm³/mol. The molecule has 0 spiro atoms. The van der Waals surface area contributed by atoms with Crippen LogP contribution in [0.5, 0.6) is 0 Å². The number of nitrogens with one attached hydrogen (secondary N) is 1. The summed E-state index contributed by atoms with van der Waals surface area (Å²) in [5.41, 5.74) is 6.09. The first kappa shape index (κ1) is 14.6. The molecule has 4 nitrogen and oxygen atoms in total. The summed E-state index contributed by atoms with van der Waals surface area (Å²) in [6.07, 6.45) is 4.44. The maximum Gasteiger partial charge on any atom is 0.242 e. The van der Waals surface area contributed by atoms with Gasteiger partial charge in [-0.2, -0.15) is 0 Å². The predicted octanol–water partition coefficient (Wildman–Crippen LogP) is 3.15. The molecule has 1 aromatic rings. The number of benzene rings is 1. The molecule has 2 aliphatic carbocycles. The van der Waals surface area contributed by atoms with Crippen molar-refractivity contribution in [1.82, 2.24) is 4.72 Å². The fraction of sp³-hybridized carbons (Fsp3) is 0.538. The Morgan fingerprint density at radius 3 is 2.65 bits per heavy atom. The third-order valence-electron chi connectivity index (χ3n) is 4.37. The van der Waals surface area contributed by atoms with Gasteiger partial charge < -0.3 is 5.73 Å². The van der Waals surface area contributed by atoms with Crippen molar-refractivity contribution in [2.45, 2.75) is 36.6 Å². The van der Waals surface area contributed by atoms with E-state index in [1.54, 1.807) is 0 Å². The minimum atomic E-state index is -3.60. The summed E-state index contributed by atoms with van der Waals surface area (Å²) in [7, 11) is -3.60. The fourth-order valence-corrected chi connectivity index (χ4v) is 6.04. The highest BCUT2D eigenvalue weighted by atomic mass is 79.9. The number of anilines is 1. The molecule has 3 N–H and O–H groups in total. The van der Waals surface area contributed by atoms with Crippen molar-refractivity contribution in [1.29, 1.82) is 0 Å². The van der Waals surface area contributed by atoms with Crippen LogP contribution in [0.1, 0.15) is 25.7 Å². The monoisotopic (exact) mass is 378 g/mol. The highest BCUT2D eigenvalue weighted by Gasteiger charge is 2.41. The molecule has 1 aromatic carbocycles. The van der Waals surface area contributed by atoms with Crippen molar-refractivity contribution in [2.75, 3.05) is 5.73 Å². The van der Waals surface area contributed by atoms with E-state index in [0.29, 0.717) is 27.0 Å². The zero-order valence-electron chi connectivity index (χ0n) is 10.8. The van der Waals surface area contributed by atoms with Crippen molar-refractivity contribution < 1.29 is 8.42 Å². The van der Waals surface area contributed by atoms with Crippen molar-refractivity contribution in [3.05, 3.63) is 21.6 Å². The molecule has 2 saturated carbocycles. The van der Waals surface area contributed by atoms with E-state index in [-0.39, 0.29) is 10.9 Å². The van der Waals surface area contributed by atoms with Crippen LogP contribution in [0.3, 0.4) is 0 Å². The van der Waals surface area contributed by atoms with Gasteiger partial charge in [-0.15, -0.1) is 0 Å². The van der Waals surface area contributed by atoms with Gasteiger partial charge in [0.05, 0.1) is 9.37 Å². The van der Waals surface area contributed by atoms with Crippen LogP contribution < -0.4 is 10.5 Å². The van der Waals surface area contributed by atoms with Crippen LogP contribution in [0.2, 0.25) is 5.02 Å². The molecule has 2 bridgehead atoms. The van der Waals surface area contributed by atoms with Crippen LogP contribution in [0.4, 0.5) is 5.69 Å². The Kier molecular flexibility index (Phi) is 3.77. The van der Waals surface area contributed by atoms with E-state index in [1.165, 1.54) is 18.6 Å². The molecule has 7 heteroatoms. The average molecular weight is 380 g/mol. The van der Waals surface area contributed by atoms with E-state index in [0.717, 1.165) is 19.3 Å². The Balaban J connectivity index is 1.89. The van der Waals surface area contributed by atoms with Gasteiger partial charge in [0, 0.05) is 16.8 Å². The molecule has 20 heavy (non-hydrogen) atoms. The zero-order valence-corrected chi connectivity index (χ0v) is 13.9. The summed E-state index contributed by atoms with van der Waals surface area (Å²) in [6, 6.07) is 3.01. The standard InChI is InChI=1S/C13H16BrClN2O2S/c14-13-10(16)5-9(15)6-12(13)20(18,19)17-11-4-7-1-2-8(11)3-7/h5-8,11,17H,1-4,16H2. The van der Waals surface area contributed by atoms with Crippen LogP contribution in [0.25, 0.3) is 0 Å². The lowest BCUT2D eigenvalue weighted by Crippen LogP contribution is -2.38. The number of fused-ring (bicyclic) bond motifs is 2. The minimum absolute atomic E-state index is 0.0471. The molecule has 0 heterocycles. The summed E-state index contributed by atoms with van der Waals surface area (Å²) in [6.45, 7) is 0. The van der Waals surface area contributed by atoms with Gasteiger partial charge in [0.2, 0.25) is 10.0 Å². The van der Waals surface area contributed by atoms with E-state index in [9.17, 15) is 8.42 Å². The van der Waals surface area contributed by atoms with Gasteiger partial charge in [0.15, 0.2) is 0 Å². The molecule has 0 aromatic heterocycles. The van der Waals surface area contributed by atoms with Crippen LogP contribution in [0, 0.1) is 11.8 Å². The Morgan fingerprint density at radius 1 is 1.30 bits per heavy atom. The lowest BCUT2D eigenvalue weighted by atomic mass is 9.96. The second kappa shape index (κ2) is 5.16. The summed E-state index contributed by atoms with van der Waals surface area (Å²) in [4.78, 5) is 0.116. The van der Waals surface area contributed by atoms with Crippen molar-refractivity contribution in [3.63, 3.8) is 0 Å². The van der Waals surface area contributed by atoms with Gasteiger partial charge in [0.1, 0.15) is 0 Å². The van der Waals surface area contributed by atoms with Gasteiger partial charge in [0.25, 0.3) is 0 Å². The minimum Gasteiger partial charge on any atom is -0.398 e. The van der Waals surface area contributed by atoms with Gasteiger partial charge in [-0.3, -0.25) is 0 Å². The molecular weight excluding hydrogens is 364 g/mol. The third kappa shape index (κ3) is 2.58. The average Bonchev–Trinajstić information content (AvgIpc) is 2.95. The zero-order chi connectivity index (χ0) is 14.5. The molecule has 2 aliphatic rings. The van der Waals surface area contributed by atoms with E-state index in [2.05, 4.69) is 20.7 Å². The number of rotatable bonds is 3. The quantitative estimate of drug-likeness (QED) is 0.792. The maximum absolute atomic E-state index is 12.5. The Labute approximate surface area is 132 Å². The molecule has 0 aliphatic heterocycles. The second-order valence-electron chi connectivity index (χ2n) is 5.71. The van der Waals surface area contributed by atoms with Gasteiger partial charge in [-0.25, -0.2) is 13.1 Å². The number of nitrogen functional groups attached to an aromatic ring is 1. The summed E-state index contributed by atoms with van der Waals surface area (Å²) >= 11 is 9.15. The second-order valence-corrected chi connectivity index (χ2v) is 8.62. The van der Waals surface area contributed by atoms with E-state index < -0.39 is 10.0 Å². The van der Waals surface area contributed by atoms with Crippen molar-refractivity contribution in [2.24, 2.45) is 11.8 Å². The van der Waals surface area contributed by atoms with Crippen molar-refractivity contribution >= 4 is 43.2 Å². The Morgan fingerprint density at radius 2 is 2.05 bits per heavy atom. The number of sulfonamides is 1. The molecule has 3 rings (SSSR count). The summed E-state index contributed by atoms with van der Waals surface area (Å²) < 4.78 is 28.3. The fourth-order valence-electron chi connectivity index (χ4n) is 3.43. The molecule has 0 radical (unpaired) electrons. The lowest BCUT2D eigenvalue weighted by Gasteiger charge is -2.23. The van der Waals surface area contributed by atoms with Gasteiger partial charge in [-0.05, 0) is 59.2 Å². The molecule has 3 unspecified atom stereocenters. The number of hydrogen-bond donors (Lipinski definition) is 2. The summed E-state index contributed by atoms with van der Waals surface area (Å²) in [5.74, 6) is 1.16. The molecule has 0 amide bonds. The van der Waals surface area contributed by atoms with Gasteiger partial charge >= 0.3 is 0 Å². The third-order valence-corrected chi connectivity index (χ3v) is 7.25. The normalized spacial score (nSPS) is 29.0.